The van der Waals surface area contributed by atoms with Crippen molar-refractivity contribution in [1.29, 1.82) is 0 Å². The molecule has 21 heavy (non-hydrogen) atoms. The average molecular weight is 370 g/mol. The minimum absolute atomic E-state index is 0.0897. The molecule has 2 rings (SSSR count). The van der Waals surface area contributed by atoms with Crippen molar-refractivity contribution in [1.82, 2.24) is 10.3 Å². The molecule has 2 N–H and O–H groups in total. The molecule has 1 aromatic heterocycles. The van der Waals surface area contributed by atoms with Gasteiger partial charge in [-0.1, -0.05) is 24.3 Å². The molecular weight excluding hydrogens is 354 g/mol. The van der Waals surface area contributed by atoms with Gasteiger partial charge in [0.25, 0.3) is 0 Å². The van der Waals surface area contributed by atoms with Gasteiger partial charge in [-0.2, -0.15) is 0 Å². The first-order chi connectivity index (χ1) is 10.00. The van der Waals surface area contributed by atoms with E-state index in [2.05, 4.69) is 31.0 Å². The molecule has 1 heterocycles. The summed E-state index contributed by atoms with van der Waals surface area (Å²) >= 11 is 3.27. The number of aromatic nitrogens is 1. The molecule has 0 aliphatic carbocycles. The first-order valence-electron chi connectivity index (χ1n) is 6.33. The Kier molecular flexibility index (Phi) is 5.33. The van der Waals surface area contributed by atoms with Gasteiger partial charge in [0.1, 0.15) is 0 Å². The predicted octanol–water partition coefficient (Wildman–Crippen LogP) is 2.51. The lowest BCUT2D eigenvalue weighted by molar-refractivity contribution is 0.600. The van der Waals surface area contributed by atoms with Gasteiger partial charge in [-0.3, -0.25) is 4.72 Å². The number of anilines is 1. The van der Waals surface area contributed by atoms with Crippen molar-refractivity contribution in [2.45, 2.75) is 12.3 Å². The van der Waals surface area contributed by atoms with E-state index in [4.69, 9.17) is 0 Å². The zero-order valence-electron chi connectivity index (χ0n) is 11.5. The highest BCUT2D eigenvalue weighted by atomic mass is 79.9. The molecule has 0 atom stereocenters. The summed E-state index contributed by atoms with van der Waals surface area (Å²) in [6.45, 7) is 0.701. The average Bonchev–Trinajstić information content (AvgIpc) is 2.41. The summed E-state index contributed by atoms with van der Waals surface area (Å²) in [7, 11) is -1.65. The van der Waals surface area contributed by atoms with Gasteiger partial charge < -0.3 is 5.32 Å². The van der Waals surface area contributed by atoms with Crippen LogP contribution in [0, 0.1) is 0 Å². The molecule has 0 amide bonds. The van der Waals surface area contributed by atoms with Gasteiger partial charge in [0.05, 0.1) is 10.2 Å². The number of pyridine rings is 1. The molecule has 1 aromatic carbocycles. The monoisotopic (exact) mass is 369 g/mol. The van der Waals surface area contributed by atoms with Crippen LogP contribution in [-0.2, 0) is 22.3 Å². The fraction of sp³-hybridized carbons (Fsp3) is 0.214. The van der Waals surface area contributed by atoms with Crippen LogP contribution in [0.5, 0.6) is 0 Å². The van der Waals surface area contributed by atoms with E-state index in [-0.39, 0.29) is 5.75 Å². The van der Waals surface area contributed by atoms with Crippen LogP contribution in [0.4, 0.5) is 5.82 Å². The summed E-state index contributed by atoms with van der Waals surface area (Å²) in [6, 6.07) is 10.9. The number of nitrogens with one attached hydrogen (secondary N) is 2. The van der Waals surface area contributed by atoms with E-state index in [1.54, 1.807) is 18.2 Å². The topological polar surface area (TPSA) is 71.1 Å². The first kappa shape index (κ1) is 15.9. The summed E-state index contributed by atoms with van der Waals surface area (Å²) in [5, 5.41) is 3.04. The summed E-state index contributed by atoms with van der Waals surface area (Å²) in [6.07, 6.45) is 1.54. The second-order valence-corrected chi connectivity index (χ2v) is 7.12. The van der Waals surface area contributed by atoms with Gasteiger partial charge >= 0.3 is 0 Å². The number of sulfonamides is 1. The van der Waals surface area contributed by atoms with Crippen molar-refractivity contribution in [3.8, 4) is 0 Å². The molecule has 0 radical (unpaired) electrons. The number of nitrogens with zero attached hydrogens (tertiary/aromatic N) is 1. The van der Waals surface area contributed by atoms with Crippen molar-refractivity contribution in [3.63, 3.8) is 0 Å². The van der Waals surface area contributed by atoms with E-state index in [9.17, 15) is 8.42 Å². The van der Waals surface area contributed by atoms with Crippen LogP contribution in [0.3, 0.4) is 0 Å². The lowest BCUT2D eigenvalue weighted by Crippen LogP contribution is -2.16. The Bertz CT molecular complexity index is 720. The van der Waals surface area contributed by atoms with Gasteiger partial charge in [0, 0.05) is 12.7 Å². The highest BCUT2D eigenvalue weighted by molar-refractivity contribution is 9.10. The smallest absolute Gasteiger partial charge is 0.238 e. The number of benzene rings is 1. The fourth-order valence-corrected chi connectivity index (χ4v) is 3.53. The third-order valence-corrected chi connectivity index (χ3v) is 4.60. The number of hydrogen-bond donors (Lipinski definition) is 2. The van der Waals surface area contributed by atoms with Crippen LogP contribution in [0.2, 0.25) is 0 Å². The highest BCUT2D eigenvalue weighted by Crippen LogP contribution is 2.20. The quantitative estimate of drug-likeness (QED) is 0.820. The van der Waals surface area contributed by atoms with Crippen LogP contribution in [0.15, 0.2) is 47.1 Å². The number of halogens is 1. The van der Waals surface area contributed by atoms with Gasteiger partial charge in [-0.25, -0.2) is 13.4 Å². The van der Waals surface area contributed by atoms with Gasteiger partial charge in [0.15, 0.2) is 5.82 Å². The second kappa shape index (κ2) is 7.02. The Labute approximate surface area is 133 Å². The molecule has 0 saturated carbocycles. The molecule has 0 aliphatic rings. The van der Waals surface area contributed by atoms with Crippen molar-refractivity contribution in [2.24, 2.45) is 0 Å². The van der Waals surface area contributed by atoms with Crippen molar-refractivity contribution >= 4 is 31.8 Å². The maximum absolute atomic E-state index is 12.2. The molecule has 2 aromatic rings. The summed E-state index contributed by atoms with van der Waals surface area (Å²) in [5.74, 6) is 0.206. The van der Waals surface area contributed by atoms with Gasteiger partial charge in [-0.05, 0) is 46.2 Å². The fourth-order valence-electron chi connectivity index (χ4n) is 1.90. The van der Waals surface area contributed by atoms with Crippen molar-refractivity contribution in [2.75, 3.05) is 11.8 Å². The van der Waals surface area contributed by atoms with Crippen molar-refractivity contribution < 1.29 is 8.42 Å². The summed E-state index contributed by atoms with van der Waals surface area (Å²) in [5.41, 5.74) is 1.78. The molecule has 0 bridgehead atoms. The van der Waals surface area contributed by atoms with E-state index in [1.807, 2.05) is 25.2 Å². The second-order valence-electron chi connectivity index (χ2n) is 4.55. The zero-order chi connectivity index (χ0) is 15.3. The zero-order valence-corrected chi connectivity index (χ0v) is 13.9. The van der Waals surface area contributed by atoms with E-state index in [0.717, 1.165) is 11.1 Å². The minimum Gasteiger partial charge on any atom is -0.316 e. The maximum atomic E-state index is 12.2. The summed E-state index contributed by atoms with van der Waals surface area (Å²) in [4.78, 5) is 4.00. The van der Waals surface area contributed by atoms with E-state index < -0.39 is 10.0 Å². The Morgan fingerprint density at radius 1 is 1.19 bits per heavy atom. The predicted molar refractivity (Wildman–Crippen MR) is 87.4 cm³/mol. The Morgan fingerprint density at radius 3 is 2.67 bits per heavy atom. The molecule has 0 fully saturated rings. The number of rotatable bonds is 6. The van der Waals surface area contributed by atoms with Crippen LogP contribution in [0.1, 0.15) is 11.1 Å². The van der Waals surface area contributed by atoms with Gasteiger partial charge in [0.2, 0.25) is 10.0 Å². The van der Waals surface area contributed by atoms with E-state index in [0.29, 0.717) is 16.8 Å². The molecule has 0 aliphatic heterocycles. The van der Waals surface area contributed by atoms with Crippen LogP contribution in [-0.4, -0.2) is 20.4 Å². The molecule has 0 spiro atoms. The molecule has 5 nitrogen and oxygen atoms in total. The SMILES string of the molecule is CNCc1cccc(CS(=O)(=O)Nc2ncccc2Br)c1. The van der Waals surface area contributed by atoms with Gasteiger partial charge in [-0.15, -0.1) is 0 Å². The summed E-state index contributed by atoms with van der Waals surface area (Å²) < 4.78 is 27.5. The van der Waals surface area contributed by atoms with E-state index >= 15 is 0 Å². The molecular formula is C14H16BrN3O2S. The Hall–Kier alpha value is -1.44. The Balaban J connectivity index is 2.14. The highest BCUT2D eigenvalue weighted by Gasteiger charge is 2.14. The largest absolute Gasteiger partial charge is 0.316 e. The van der Waals surface area contributed by atoms with Crippen LogP contribution >= 0.6 is 15.9 Å². The molecule has 0 saturated heterocycles. The third kappa shape index (κ3) is 4.80. The lowest BCUT2D eigenvalue weighted by Gasteiger charge is -2.09. The van der Waals surface area contributed by atoms with Crippen molar-refractivity contribution in [3.05, 3.63) is 58.2 Å². The third-order valence-electron chi connectivity index (χ3n) is 2.74. The first-order valence-corrected chi connectivity index (χ1v) is 8.78. The lowest BCUT2D eigenvalue weighted by atomic mass is 10.1. The Morgan fingerprint density at radius 2 is 1.95 bits per heavy atom. The molecule has 112 valence electrons. The number of hydrogen-bond acceptors (Lipinski definition) is 4. The van der Waals surface area contributed by atoms with E-state index in [1.165, 1.54) is 6.20 Å². The van der Waals surface area contributed by atoms with Crippen LogP contribution in [0.25, 0.3) is 0 Å². The minimum atomic E-state index is -3.50. The maximum Gasteiger partial charge on any atom is 0.238 e. The van der Waals surface area contributed by atoms with Crippen LogP contribution < -0.4 is 10.0 Å². The normalized spacial score (nSPS) is 11.3. The standard InChI is InChI=1S/C14H16BrN3O2S/c1-16-9-11-4-2-5-12(8-11)10-21(19,20)18-14-13(15)6-3-7-17-14/h2-8,16H,9-10H2,1H3,(H,17,18). The molecule has 0 unspecified atom stereocenters. The molecule has 7 heteroatoms.